The molecule has 0 spiro atoms. The predicted molar refractivity (Wildman–Crippen MR) is 113 cm³/mol. The van der Waals surface area contributed by atoms with Crippen LogP contribution in [0.5, 0.6) is 0 Å². The highest BCUT2D eigenvalue weighted by atomic mass is 32.2. The molecular formula is C20H26N4O3S2. The van der Waals surface area contributed by atoms with E-state index in [4.69, 9.17) is 0 Å². The monoisotopic (exact) mass is 434 g/mol. The summed E-state index contributed by atoms with van der Waals surface area (Å²) in [5, 5.41) is 5.81. The van der Waals surface area contributed by atoms with Gasteiger partial charge in [0.2, 0.25) is 10.0 Å². The maximum absolute atomic E-state index is 12.2. The van der Waals surface area contributed by atoms with E-state index in [1.807, 2.05) is 23.6 Å². The lowest BCUT2D eigenvalue weighted by atomic mass is 10.1. The standard InChI is InChI=1S/C20H26N4O3S2/c25-20(16-6-2-1-3-7-16)21-12-19-22-17(15-28-19)13-23-9-4-8-18(14-23)24-10-5-11-29(24,26)27/h1-3,6-7,15,18H,4-5,8-14H2,(H,21,25). The number of rotatable bonds is 6. The molecule has 1 amide bonds. The van der Waals surface area contributed by atoms with Gasteiger partial charge in [0.15, 0.2) is 0 Å². The SMILES string of the molecule is O=C(NCc1nc(CN2CCCC(N3CCCS3(=O)=O)C2)cs1)c1ccccc1. The van der Waals surface area contributed by atoms with Crippen LogP contribution in [0.15, 0.2) is 35.7 Å². The van der Waals surface area contributed by atoms with E-state index in [1.165, 1.54) is 0 Å². The fourth-order valence-corrected chi connectivity index (χ4v) is 6.54. The molecular weight excluding hydrogens is 408 g/mol. The Balaban J connectivity index is 1.30. The first-order valence-electron chi connectivity index (χ1n) is 10.00. The Morgan fingerprint density at radius 1 is 1.21 bits per heavy atom. The van der Waals surface area contributed by atoms with Gasteiger partial charge in [-0.25, -0.2) is 13.4 Å². The minimum atomic E-state index is -3.06. The molecule has 1 N–H and O–H groups in total. The first-order chi connectivity index (χ1) is 14.0. The smallest absolute Gasteiger partial charge is 0.251 e. The lowest BCUT2D eigenvalue weighted by Gasteiger charge is -2.36. The molecule has 0 saturated carbocycles. The second kappa shape index (κ2) is 8.91. The maximum Gasteiger partial charge on any atom is 0.251 e. The highest BCUT2D eigenvalue weighted by Crippen LogP contribution is 2.25. The van der Waals surface area contributed by atoms with Gasteiger partial charge in [0, 0.05) is 36.6 Å². The lowest BCUT2D eigenvalue weighted by Crippen LogP contribution is -2.48. The molecule has 1 aromatic heterocycles. The average molecular weight is 435 g/mol. The molecule has 156 valence electrons. The number of nitrogens with one attached hydrogen (secondary N) is 1. The number of hydrogen-bond acceptors (Lipinski definition) is 6. The van der Waals surface area contributed by atoms with Crippen molar-refractivity contribution >= 4 is 27.3 Å². The third-order valence-corrected chi connectivity index (χ3v) is 8.34. The Labute approximate surface area is 175 Å². The molecule has 9 heteroatoms. The van der Waals surface area contributed by atoms with Crippen molar-refractivity contribution in [2.45, 2.75) is 38.4 Å². The quantitative estimate of drug-likeness (QED) is 0.753. The third-order valence-electron chi connectivity index (χ3n) is 5.45. The average Bonchev–Trinajstić information content (AvgIpc) is 3.32. The van der Waals surface area contributed by atoms with E-state index in [9.17, 15) is 13.2 Å². The summed E-state index contributed by atoms with van der Waals surface area (Å²) in [6, 6.07) is 9.23. The summed E-state index contributed by atoms with van der Waals surface area (Å²) >= 11 is 1.54. The number of carbonyl (C=O) groups is 1. The number of aromatic nitrogens is 1. The topological polar surface area (TPSA) is 82.6 Å². The molecule has 4 rings (SSSR count). The molecule has 2 aromatic rings. The first kappa shape index (κ1) is 20.5. The summed E-state index contributed by atoms with van der Waals surface area (Å²) in [5.74, 6) is 0.182. The van der Waals surface area contributed by atoms with Crippen LogP contribution in [0.1, 0.15) is 40.3 Å². The van der Waals surface area contributed by atoms with Gasteiger partial charge in [-0.2, -0.15) is 4.31 Å². The second-order valence-electron chi connectivity index (χ2n) is 7.59. The molecule has 1 unspecified atom stereocenters. The zero-order valence-electron chi connectivity index (χ0n) is 16.3. The predicted octanol–water partition coefficient (Wildman–Crippen LogP) is 2.07. The van der Waals surface area contributed by atoms with Gasteiger partial charge in [0.1, 0.15) is 5.01 Å². The van der Waals surface area contributed by atoms with Crippen molar-refractivity contribution in [3.8, 4) is 0 Å². The van der Waals surface area contributed by atoms with Crippen molar-refractivity contribution in [1.29, 1.82) is 0 Å². The van der Waals surface area contributed by atoms with Gasteiger partial charge in [-0.1, -0.05) is 18.2 Å². The zero-order valence-corrected chi connectivity index (χ0v) is 17.9. The third kappa shape index (κ3) is 5.03. The number of likely N-dealkylation sites (tertiary alicyclic amines) is 1. The van der Waals surface area contributed by atoms with Crippen LogP contribution in [0, 0.1) is 0 Å². The van der Waals surface area contributed by atoms with E-state index in [2.05, 4.69) is 15.2 Å². The summed E-state index contributed by atoms with van der Waals surface area (Å²) in [6.45, 7) is 3.50. The van der Waals surface area contributed by atoms with E-state index in [1.54, 1.807) is 27.8 Å². The second-order valence-corrected chi connectivity index (χ2v) is 10.6. The van der Waals surface area contributed by atoms with Crippen molar-refractivity contribution in [2.75, 3.05) is 25.4 Å². The van der Waals surface area contributed by atoms with Crippen molar-refractivity contribution in [3.05, 3.63) is 52.0 Å². The minimum absolute atomic E-state index is 0.0829. The van der Waals surface area contributed by atoms with Gasteiger partial charge in [0.25, 0.3) is 5.91 Å². The van der Waals surface area contributed by atoms with Crippen LogP contribution in [-0.2, 0) is 23.1 Å². The normalized spacial score (nSPS) is 22.6. The van der Waals surface area contributed by atoms with E-state index < -0.39 is 10.0 Å². The largest absolute Gasteiger partial charge is 0.346 e. The molecule has 2 fully saturated rings. The fourth-order valence-electron chi connectivity index (χ4n) is 4.06. The lowest BCUT2D eigenvalue weighted by molar-refractivity contribution is 0.0950. The van der Waals surface area contributed by atoms with Crippen molar-refractivity contribution in [3.63, 3.8) is 0 Å². The van der Waals surface area contributed by atoms with Crippen LogP contribution in [0.4, 0.5) is 0 Å². The van der Waals surface area contributed by atoms with Crippen LogP contribution in [-0.4, -0.2) is 59.9 Å². The number of thiazole rings is 1. The van der Waals surface area contributed by atoms with Gasteiger partial charge in [-0.15, -0.1) is 11.3 Å². The molecule has 0 bridgehead atoms. The summed E-state index contributed by atoms with van der Waals surface area (Å²) in [6.07, 6.45) is 2.67. The maximum atomic E-state index is 12.2. The van der Waals surface area contributed by atoms with Gasteiger partial charge in [0.05, 0.1) is 18.0 Å². The Bertz CT molecular complexity index is 946. The number of sulfonamides is 1. The van der Waals surface area contributed by atoms with Crippen LogP contribution in [0.25, 0.3) is 0 Å². The van der Waals surface area contributed by atoms with E-state index in [-0.39, 0.29) is 17.7 Å². The number of nitrogens with zero attached hydrogens (tertiary/aromatic N) is 3. The number of hydrogen-bond donors (Lipinski definition) is 1. The first-order valence-corrected chi connectivity index (χ1v) is 12.5. The van der Waals surface area contributed by atoms with E-state index >= 15 is 0 Å². The molecule has 0 radical (unpaired) electrons. The van der Waals surface area contributed by atoms with Crippen LogP contribution in [0.3, 0.4) is 0 Å². The van der Waals surface area contributed by atoms with E-state index in [0.29, 0.717) is 25.2 Å². The molecule has 2 saturated heterocycles. The summed E-state index contributed by atoms with van der Waals surface area (Å²) in [7, 11) is -3.06. The number of carbonyl (C=O) groups excluding carboxylic acids is 1. The molecule has 3 heterocycles. The molecule has 2 aliphatic rings. The Morgan fingerprint density at radius 2 is 2.03 bits per heavy atom. The number of piperidine rings is 1. The Kier molecular flexibility index (Phi) is 6.29. The molecule has 0 aliphatic carbocycles. The number of amides is 1. The fraction of sp³-hybridized carbons (Fsp3) is 0.500. The number of benzene rings is 1. The molecule has 1 atom stereocenters. The van der Waals surface area contributed by atoms with Crippen molar-refractivity contribution in [2.24, 2.45) is 0 Å². The molecule has 29 heavy (non-hydrogen) atoms. The van der Waals surface area contributed by atoms with Crippen LogP contribution in [0.2, 0.25) is 0 Å². The van der Waals surface area contributed by atoms with Gasteiger partial charge in [-0.3, -0.25) is 9.69 Å². The Morgan fingerprint density at radius 3 is 2.79 bits per heavy atom. The van der Waals surface area contributed by atoms with Gasteiger partial charge in [-0.05, 0) is 37.9 Å². The van der Waals surface area contributed by atoms with Crippen LogP contribution < -0.4 is 5.32 Å². The summed E-state index contributed by atoms with van der Waals surface area (Å²) in [4.78, 5) is 19.1. The highest BCUT2D eigenvalue weighted by molar-refractivity contribution is 7.89. The highest BCUT2D eigenvalue weighted by Gasteiger charge is 2.36. The molecule has 7 nitrogen and oxygen atoms in total. The van der Waals surface area contributed by atoms with Crippen molar-refractivity contribution < 1.29 is 13.2 Å². The molecule has 2 aliphatic heterocycles. The summed E-state index contributed by atoms with van der Waals surface area (Å²) < 4.78 is 26.2. The summed E-state index contributed by atoms with van der Waals surface area (Å²) in [5.41, 5.74) is 1.62. The minimum Gasteiger partial charge on any atom is -0.346 e. The van der Waals surface area contributed by atoms with Crippen LogP contribution >= 0.6 is 11.3 Å². The van der Waals surface area contributed by atoms with Gasteiger partial charge < -0.3 is 5.32 Å². The van der Waals surface area contributed by atoms with Crippen molar-refractivity contribution in [1.82, 2.24) is 19.5 Å². The van der Waals surface area contributed by atoms with Gasteiger partial charge >= 0.3 is 0 Å². The Hall–Kier alpha value is -1.81. The molecule has 1 aromatic carbocycles. The van der Waals surface area contributed by atoms with E-state index in [0.717, 1.165) is 43.1 Å². The zero-order chi connectivity index (χ0) is 20.3.